The number of hydrogen-bond acceptors (Lipinski definition) is 4. The molecular weight excluding hydrogens is 218 g/mol. The second-order valence-corrected chi connectivity index (χ2v) is 4.59. The molecule has 2 aromatic rings. The third-order valence-electron chi connectivity index (χ3n) is 2.66. The van der Waals surface area contributed by atoms with Gasteiger partial charge in [0.25, 0.3) is 0 Å². The van der Waals surface area contributed by atoms with Gasteiger partial charge in [0.2, 0.25) is 0 Å². The second-order valence-electron chi connectivity index (χ2n) is 3.87. The summed E-state index contributed by atoms with van der Waals surface area (Å²) in [5, 5.41) is 2.02. The molecule has 0 aliphatic carbocycles. The maximum absolute atomic E-state index is 5.63. The minimum Gasteiger partial charge on any atom is -0.271 e. The van der Waals surface area contributed by atoms with Gasteiger partial charge in [0.15, 0.2) is 0 Å². The second kappa shape index (κ2) is 4.74. The monoisotopic (exact) mass is 233 g/mol. The Bertz CT molecular complexity index is 465. The van der Waals surface area contributed by atoms with Crippen LogP contribution in [0, 0.1) is 13.8 Å². The summed E-state index contributed by atoms with van der Waals surface area (Å²) in [6, 6.07) is 6.35. The normalized spacial score (nSPS) is 12.7. The lowest BCUT2D eigenvalue weighted by molar-refractivity contribution is 0.620. The molecule has 0 aliphatic rings. The van der Waals surface area contributed by atoms with Gasteiger partial charge in [-0.2, -0.15) is 0 Å². The average molecular weight is 233 g/mol. The van der Waals surface area contributed by atoms with Gasteiger partial charge in [-0.3, -0.25) is 5.84 Å². The Morgan fingerprint density at radius 3 is 2.81 bits per heavy atom. The van der Waals surface area contributed by atoms with E-state index in [9.17, 15) is 0 Å². The Balaban J connectivity index is 2.44. The van der Waals surface area contributed by atoms with E-state index in [1.54, 1.807) is 11.3 Å². The summed E-state index contributed by atoms with van der Waals surface area (Å²) in [5.74, 6) is 5.63. The minimum absolute atomic E-state index is 0.0221. The summed E-state index contributed by atoms with van der Waals surface area (Å²) in [7, 11) is 0. The molecule has 0 radical (unpaired) electrons. The first kappa shape index (κ1) is 11.3. The van der Waals surface area contributed by atoms with E-state index in [-0.39, 0.29) is 6.04 Å². The van der Waals surface area contributed by atoms with Gasteiger partial charge in [0, 0.05) is 5.38 Å². The van der Waals surface area contributed by atoms with Crippen LogP contribution in [0.1, 0.15) is 28.4 Å². The Hall–Kier alpha value is -1.23. The van der Waals surface area contributed by atoms with Crippen LogP contribution in [-0.4, -0.2) is 4.98 Å². The molecule has 0 saturated heterocycles. The Labute approximate surface area is 99.3 Å². The lowest BCUT2D eigenvalue weighted by atomic mass is 9.98. The average Bonchev–Trinajstić information content (AvgIpc) is 2.78. The highest BCUT2D eigenvalue weighted by Gasteiger charge is 2.16. The fourth-order valence-electron chi connectivity index (χ4n) is 1.77. The van der Waals surface area contributed by atoms with Crippen LogP contribution in [0.25, 0.3) is 0 Å². The molecule has 1 unspecified atom stereocenters. The molecule has 1 atom stereocenters. The number of aromatic nitrogens is 1. The van der Waals surface area contributed by atoms with Crippen molar-refractivity contribution in [2.45, 2.75) is 19.9 Å². The summed E-state index contributed by atoms with van der Waals surface area (Å²) in [6.07, 6.45) is 0. The number of nitrogens with zero attached hydrogens (tertiary/aromatic N) is 1. The van der Waals surface area contributed by atoms with Crippen molar-refractivity contribution >= 4 is 11.3 Å². The molecule has 0 fully saturated rings. The maximum Gasteiger partial charge on any atom is 0.0892 e. The molecular formula is C12H15N3S. The first-order chi connectivity index (χ1) is 7.72. The molecule has 0 spiro atoms. The van der Waals surface area contributed by atoms with Crippen molar-refractivity contribution < 1.29 is 0 Å². The lowest BCUT2D eigenvalue weighted by Crippen LogP contribution is -2.29. The van der Waals surface area contributed by atoms with Crippen LogP contribution in [0.5, 0.6) is 0 Å². The lowest BCUT2D eigenvalue weighted by Gasteiger charge is -2.17. The quantitative estimate of drug-likeness (QED) is 0.632. The number of hydrazine groups is 1. The van der Waals surface area contributed by atoms with E-state index < -0.39 is 0 Å². The summed E-state index contributed by atoms with van der Waals surface area (Å²) in [4.78, 5) is 4.31. The molecule has 2 rings (SSSR count). The third kappa shape index (κ3) is 2.14. The first-order valence-electron chi connectivity index (χ1n) is 5.13. The molecule has 1 aromatic carbocycles. The fourth-order valence-corrected chi connectivity index (χ4v) is 2.35. The van der Waals surface area contributed by atoms with Crippen LogP contribution in [0.4, 0.5) is 0 Å². The summed E-state index contributed by atoms with van der Waals surface area (Å²) in [6.45, 7) is 4.17. The van der Waals surface area contributed by atoms with Crippen molar-refractivity contribution in [3.63, 3.8) is 0 Å². The van der Waals surface area contributed by atoms with Crippen LogP contribution in [0.3, 0.4) is 0 Å². The summed E-state index contributed by atoms with van der Waals surface area (Å²) in [5.41, 5.74) is 9.27. The van der Waals surface area contributed by atoms with Crippen molar-refractivity contribution in [1.82, 2.24) is 10.4 Å². The van der Waals surface area contributed by atoms with E-state index in [1.165, 1.54) is 16.7 Å². The van der Waals surface area contributed by atoms with Gasteiger partial charge in [0.1, 0.15) is 0 Å². The smallest absolute Gasteiger partial charge is 0.0892 e. The number of nitrogens with two attached hydrogens (primary N) is 1. The molecule has 3 nitrogen and oxygen atoms in total. The van der Waals surface area contributed by atoms with Crippen LogP contribution < -0.4 is 11.3 Å². The van der Waals surface area contributed by atoms with Gasteiger partial charge in [-0.05, 0) is 25.0 Å². The van der Waals surface area contributed by atoms with Gasteiger partial charge >= 0.3 is 0 Å². The molecule has 0 amide bonds. The van der Waals surface area contributed by atoms with Gasteiger partial charge in [-0.25, -0.2) is 10.4 Å². The molecule has 0 bridgehead atoms. The number of hydrogen-bond donors (Lipinski definition) is 2. The fraction of sp³-hybridized carbons (Fsp3) is 0.250. The first-order valence-corrected chi connectivity index (χ1v) is 6.08. The van der Waals surface area contributed by atoms with Crippen molar-refractivity contribution in [2.24, 2.45) is 5.84 Å². The summed E-state index contributed by atoms with van der Waals surface area (Å²) < 4.78 is 0. The molecule has 1 aromatic heterocycles. The number of benzene rings is 1. The van der Waals surface area contributed by atoms with Crippen LogP contribution >= 0.6 is 11.3 Å². The predicted octanol–water partition coefficient (Wildman–Crippen LogP) is 2.31. The number of thiazole rings is 1. The maximum atomic E-state index is 5.63. The van der Waals surface area contributed by atoms with Crippen molar-refractivity contribution in [2.75, 3.05) is 0 Å². The zero-order chi connectivity index (χ0) is 11.5. The Morgan fingerprint density at radius 1 is 1.38 bits per heavy atom. The Kier molecular flexibility index (Phi) is 3.33. The van der Waals surface area contributed by atoms with E-state index >= 15 is 0 Å². The number of aryl methyl sites for hydroxylation is 2. The number of nitrogens with one attached hydrogen (secondary N) is 1. The van der Waals surface area contributed by atoms with Crippen molar-refractivity contribution in [3.8, 4) is 0 Å². The third-order valence-corrected chi connectivity index (χ3v) is 3.26. The largest absolute Gasteiger partial charge is 0.271 e. The minimum atomic E-state index is -0.0221. The zero-order valence-electron chi connectivity index (χ0n) is 9.40. The van der Waals surface area contributed by atoms with E-state index in [2.05, 4.69) is 42.5 Å². The molecule has 3 N–H and O–H groups in total. The van der Waals surface area contributed by atoms with E-state index in [1.807, 2.05) is 10.9 Å². The van der Waals surface area contributed by atoms with E-state index in [4.69, 9.17) is 5.84 Å². The van der Waals surface area contributed by atoms with Crippen LogP contribution in [-0.2, 0) is 0 Å². The summed E-state index contributed by atoms with van der Waals surface area (Å²) >= 11 is 1.58. The van der Waals surface area contributed by atoms with Gasteiger partial charge in [-0.1, -0.05) is 23.8 Å². The molecule has 4 heteroatoms. The molecule has 16 heavy (non-hydrogen) atoms. The molecule has 1 heterocycles. The van der Waals surface area contributed by atoms with Crippen LogP contribution in [0.2, 0.25) is 0 Å². The van der Waals surface area contributed by atoms with Crippen LogP contribution in [0.15, 0.2) is 29.1 Å². The SMILES string of the molecule is Cc1ccc(C)c(C(NN)c2cscn2)c1. The zero-order valence-corrected chi connectivity index (χ0v) is 10.2. The van der Waals surface area contributed by atoms with E-state index in [0.717, 1.165) is 5.69 Å². The van der Waals surface area contributed by atoms with Gasteiger partial charge in [0.05, 0.1) is 17.2 Å². The molecule has 84 valence electrons. The predicted molar refractivity (Wildman–Crippen MR) is 67.2 cm³/mol. The van der Waals surface area contributed by atoms with E-state index in [0.29, 0.717) is 0 Å². The standard InChI is InChI=1S/C12H15N3S/c1-8-3-4-9(2)10(5-8)12(15-13)11-6-16-7-14-11/h3-7,12,15H,13H2,1-2H3. The highest BCUT2D eigenvalue weighted by atomic mass is 32.1. The topological polar surface area (TPSA) is 50.9 Å². The number of rotatable bonds is 3. The highest BCUT2D eigenvalue weighted by molar-refractivity contribution is 7.07. The van der Waals surface area contributed by atoms with Gasteiger partial charge in [-0.15, -0.1) is 11.3 Å². The van der Waals surface area contributed by atoms with Crippen molar-refractivity contribution in [1.29, 1.82) is 0 Å². The highest BCUT2D eigenvalue weighted by Crippen LogP contribution is 2.24. The molecule has 0 saturated carbocycles. The molecule has 0 aliphatic heterocycles. The Morgan fingerprint density at radius 2 is 2.19 bits per heavy atom. The van der Waals surface area contributed by atoms with Crippen molar-refractivity contribution in [3.05, 3.63) is 51.5 Å². The van der Waals surface area contributed by atoms with Gasteiger partial charge < -0.3 is 0 Å².